The first kappa shape index (κ1) is 8.90. The highest BCUT2D eigenvalue weighted by Crippen LogP contribution is 2.24. The van der Waals surface area contributed by atoms with Crippen molar-refractivity contribution in [2.45, 2.75) is 13.5 Å². The van der Waals surface area contributed by atoms with E-state index in [-0.39, 0.29) is 6.61 Å². The van der Waals surface area contributed by atoms with E-state index in [0.29, 0.717) is 11.7 Å². The van der Waals surface area contributed by atoms with Gasteiger partial charge in [0.2, 0.25) is 0 Å². The number of hydrogen-bond acceptors (Lipinski definition) is 5. The fourth-order valence-electron chi connectivity index (χ4n) is 1.26. The Morgan fingerprint density at radius 1 is 1.69 bits per heavy atom. The molecule has 4 nitrogen and oxygen atoms in total. The van der Waals surface area contributed by atoms with Crippen molar-refractivity contribution in [2.75, 3.05) is 23.1 Å². The van der Waals surface area contributed by atoms with E-state index in [0.717, 1.165) is 23.9 Å². The largest absolute Gasteiger partial charge is 0.429 e. The average Bonchev–Trinajstić information content (AvgIpc) is 2.71. The summed E-state index contributed by atoms with van der Waals surface area (Å²) in [5, 5.41) is 8.93. The van der Waals surface area contributed by atoms with E-state index in [1.165, 1.54) is 0 Å². The normalized spacial score (nSPS) is 16.9. The molecule has 0 amide bonds. The molecule has 0 saturated carbocycles. The van der Waals surface area contributed by atoms with E-state index in [9.17, 15) is 0 Å². The Morgan fingerprint density at radius 3 is 3.08 bits per heavy atom. The van der Waals surface area contributed by atoms with Gasteiger partial charge in [0.05, 0.1) is 12.5 Å². The quantitative estimate of drug-likeness (QED) is 0.771. The Hall–Kier alpha value is -0.680. The Morgan fingerprint density at radius 2 is 2.54 bits per heavy atom. The number of oxazole rings is 1. The van der Waals surface area contributed by atoms with Gasteiger partial charge in [-0.1, -0.05) is 0 Å². The van der Waals surface area contributed by atoms with Crippen LogP contribution in [0.2, 0.25) is 0 Å². The van der Waals surface area contributed by atoms with Gasteiger partial charge in [-0.2, -0.15) is 4.98 Å². The maximum absolute atomic E-state index is 8.93. The van der Waals surface area contributed by atoms with Gasteiger partial charge in [0, 0.05) is 12.3 Å². The number of aliphatic hydroxyl groups excluding tert-OH is 1. The van der Waals surface area contributed by atoms with Gasteiger partial charge >= 0.3 is 0 Å². The highest BCUT2D eigenvalue weighted by atomic mass is 32.2. The van der Waals surface area contributed by atoms with Crippen LogP contribution in [-0.4, -0.2) is 28.3 Å². The number of thioether (sulfide) groups is 1. The summed E-state index contributed by atoms with van der Waals surface area (Å²) in [6, 6.07) is 0.645. The lowest BCUT2D eigenvalue weighted by atomic mass is 10.4. The number of aromatic nitrogens is 1. The van der Waals surface area contributed by atoms with Gasteiger partial charge in [0.1, 0.15) is 11.5 Å². The van der Waals surface area contributed by atoms with Crippen molar-refractivity contribution < 1.29 is 9.52 Å². The van der Waals surface area contributed by atoms with Gasteiger partial charge in [-0.25, -0.2) is 0 Å². The Bertz CT molecular complexity index is 294. The van der Waals surface area contributed by atoms with Crippen molar-refractivity contribution in [3.8, 4) is 0 Å². The third-order valence-corrected chi connectivity index (χ3v) is 3.02. The lowest BCUT2D eigenvalue weighted by Gasteiger charge is -2.09. The summed E-state index contributed by atoms with van der Waals surface area (Å²) < 4.78 is 5.43. The topological polar surface area (TPSA) is 49.5 Å². The first-order chi connectivity index (χ1) is 6.31. The molecular formula is C8H12N2O2S. The molecular weight excluding hydrogens is 188 g/mol. The molecule has 0 radical (unpaired) electrons. The molecule has 1 fully saturated rings. The predicted molar refractivity (Wildman–Crippen MR) is 51.8 cm³/mol. The fraction of sp³-hybridized carbons (Fsp3) is 0.625. The number of aliphatic hydroxyl groups is 1. The number of aryl methyl sites for hydroxylation is 1. The molecule has 2 heterocycles. The maximum atomic E-state index is 8.93. The van der Waals surface area contributed by atoms with Crippen molar-refractivity contribution in [3.63, 3.8) is 0 Å². The smallest absolute Gasteiger partial charge is 0.298 e. The minimum absolute atomic E-state index is 0.0453. The third kappa shape index (κ3) is 1.66. The molecule has 1 saturated heterocycles. The third-order valence-electron chi connectivity index (χ3n) is 2.05. The van der Waals surface area contributed by atoms with Crippen LogP contribution in [0.5, 0.6) is 0 Å². The van der Waals surface area contributed by atoms with Crippen molar-refractivity contribution in [1.29, 1.82) is 0 Å². The molecule has 1 aromatic heterocycles. The average molecular weight is 200 g/mol. The highest BCUT2D eigenvalue weighted by Gasteiger charge is 2.19. The van der Waals surface area contributed by atoms with Gasteiger partial charge in [-0.3, -0.25) is 0 Å². The van der Waals surface area contributed by atoms with E-state index < -0.39 is 0 Å². The standard InChI is InChI=1S/C8H12N2O2S/c1-6-7(4-11)9-8(12-6)10-2-3-13-5-10/h11H,2-5H2,1H3. The second kappa shape index (κ2) is 3.59. The molecule has 0 bridgehead atoms. The summed E-state index contributed by atoms with van der Waals surface area (Å²) in [7, 11) is 0. The van der Waals surface area contributed by atoms with Crippen LogP contribution in [0.4, 0.5) is 6.01 Å². The van der Waals surface area contributed by atoms with E-state index >= 15 is 0 Å². The van der Waals surface area contributed by atoms with Gasteiger partial charge in [0.15, 0.2) is 0 Å². The second-order valence-corrected chi connectivity index (χ2v) is 4.03. The van der Waals surface area contributed by atoms with Crippen LogP contribution in [0.15, 0.2) is 4.42 Å². The predicted octanol–water partition coefficient (Wildman–Crippen LogP) is 0.986. The Labute approximate surface area is 80.9 Å². The summed E-state index contributed by atoms with van der Waals surface area (Å²) in [5.74, 6) is 2.77. The molecule has 1 aromatic rings. The first-order valence-electron chi connectivity index (χ1n) is 4.21. The molecule has 0 spiro atoms. The summed E-state index contributed by atoms with van der Waals surface area (Å²) in [6.07, 6.45) is 0. The van der Waals surface area contributed by atoms with E-state index in [1.807, 2.05) is 18.7 Å². The SMILES string of the molecule is Cc1oc(N2CCSC2)nc1CO. The summed E-state index contributed by atoms with van der Waals surface area (Å²) >= 11 is 1.86. The Balaban J connectivity index is 2.20. The molecule has 5 heteroatoms. The molecule has 13 heavy (non-hydrogen) atoms. The number of hydrogen-bond donors (Lipinski definition) is 1. The molecule has 72 valence electrons. The maximum Gasteiger partial charge on any atom is 0.298 e. The minimum Gasteiger partial charge on any atom is -0.429 e. The number of nitrogens with zero attached hydrogens (tertiary/aromatic N) is 2. The van der Waals surface area contributed by atoms with Crippen LogP contribution in [0, 0.1) is 6.92 Å². The lowest BCUT2D eigenvalue weighted by Crippen LogP contribution is -2.18. The number of anilines is 1. The fourth-order valence-corrected chi connectivity index (χ4v) is 2.20. The summed E-state index contributed by atoms with van der Waals surface area (Å²) in [4.78, 5) is 6.29. The number of rotatable bonds is 2. The van der Waals surface area contributed by atoms with E-state index in [4.69, 9.17) is 9.52 Å². The minimum atomic E-state index is -0.0453. The monoisotopic (exact) mass is 200 g/mol. The van der Waals surface area contributed by atoms with Gasteiger partial charge < -0.3 is 14.4 Å². The van der Waals surface area contributed by atoms with Crippen molar-refractivity contribution in [1.82, 2.24) is 4.98 Å². The second-order valence-electron chi connectivity index (χ2n) is 2.96. The first-order valence-corrected chi connectivity index (χ1v) is 5.36. The van der Waals surface area contributed by atoms with Crippen LogP contribution in [0.1, 0.15) is 11.5 Å². The summed E-state index contributed by atoms with van der Waals surface area (Å²) in [5.41, 5.74) is 0.645. The van der Waals surface area contributed by atoms with Gasteiger partial charge in [-0.05, 0) is 6.92 Å². The van der Waals surface area contributed by atoms with Crippen LogP contribution < -0.4 is 4.90 Å². The van der Waals surface area contributed by atoms with Crippen molar-refractivity contribution in [3.05, 3.63) is 11.5 Å². The zero-order valence-corrected chi connectivity index (χ0v) is 8.30. The van der Waals surface area contributed by atoms with Crippen molar-refractivity contribution >= 4 is 17.8 Å². The zero-order valence-electron chi connectivity index (χ0n) is 7.49. The highest BCUT2D eigenvalue weighted by molar-refractivity contribution is 7.99. The van der Waals surface area contributed by atoms with Gasteiger partial charge in [-0.15, -0.1) is 11.8 Å². The van der Waals surface area contributed by atoms with Crippen LogP contribution in [0.3, 0.4) is 0 Å². The molecule has 0 aromatic carbocycles. The van der Waals surface area contributed by atoms with Gasteiger partial charge in [0.25, 0.3) is 6.01 Å². The lowest BCUT2D eigenvalue weighted by molar-refractivity contribution is 0.275. The molecule has 0 aliphatic carbocycles. The van der Waals surface area contributed by atoms with E-state index in [2.05, 4.69) is 9.88 Å². The molecule has 1 aliphatic rings. The summed E-state index contributed by atoms with van der Waals surface area (Å²) in [6.45, 7) is 2.76. The van der Waals surface area contributed by atoms with Crippen LogP contribution in [-0.2, 0) is 6.61 Å². The van der Waals surface area contributed by atoms with Crippen molar-refractivity contribution in [2.24, 2.45) is 0 Å². The molecule has 1 N–H and O–H groups in total. The molecule has 0 unspecified atom stereocenters. The van der Waals surface area contributed by atoms with Crippen LogP contribution in [0.25, 0.3) is 0 Å². The Kier molecular flexibility index (Phi) is 2.46. The molecule has 2 rings (SSSR count). The molecule has 1 aliphatic heterocycles. The van der Waals surface area contributed by atoms with Crippen LogP contribution >= 0.6 is 11.8 Å². The molecule has 0 atom stereocenters. The van der Waals surface area contributed by atoms with E-state index in [1.54, 1.807) is 0 Å². The zero-order chi connectivity index (χ0) is 9.26.